The highest BCUT2D eigenvalue weighted by atomic mass is 79.9. The van der Waals surface area contributed by atoms with E-state index in [1.165, 1.54) is 6.33 Å². The SMILES string of the molecule is O=Cc1cc(Oc2ncnc3c2cnn3-c2ccccc2)ccc1Br. The number of aldehydes is 1. The van der Waals surface area contributed by atoms with Crippen molar-refractivity contribution in [2.45, 2.75) is 0 Å². The first kappa shape index (κ1) is 15.5. The minimum Gasteiger partial charge on any atom is -0.438 e. The zero-order chi connectivity index (χ0) is 17.2. The lowest BCUT2D eigenvalue weighted by molar-refractivity contribution is 0.112. The molecule has 0 aliphatic heterocycles. The summed E-state index contributed by atoms with van der Waals surface area (Å²) in [6.45, 7) is 0. The van der Waals surface area contributed by atoms with Crippen LogP contribution in [0.15, 0.2) is 65.5 Å². The summed E-state index contributed by atoms with van der Waals surface area (Å²) >= 11 is 3.32. The molecule has 2 aromatic carbocycles. The molecule has 6 nitrogen and oxygen atoms in total. The number of hydrogen-bond donors (Lipinski definition) is 0. The van der Waals surface area contributed by atoms with Crippen LogP contribution in [0.25, 0.3) is 16.7 Å². The third-order valence-electron chi connectivity index (χ3n) is 3.64. The van der Waals surface area contributed by atoms with E-state index < -0.39 is 0 Å². The van der Waals surface area contributed by atoms with Gasteiger partial charge in [0.25, 0.3) is 0 Å². The number of rotatable bonds is 4. The Labute approximate surface area is 151 Å². The first-order valence-electron chi connectivity index (χ1n) is 7.43. The molecular formula is C18H11BrN4O2. The van der Waals surface area contributed by atoms with Crippen molar-refractivity contribution in [2.24, 2.45) is 0 Å². The molecule has 0 unspecified atom stereocenters. The maximum Gasteiger partial charge on any atom is 0.233 e. The number of aromatic nitrogens is 4. The van der Waals surface area contributed by atoms with Crippen LogP contribution in [0.4, 0.5) is 0 Å². The van der Waals surface area contributed by atoms with Crippen molar-refractivity contribution in [3.63, 3.8) is 0 Å². The summed E-state index contributed by atoms with van der Waals surface area (Å²) in [4.78, 5) is 19.6. The molecule has 0 aliphatic carbocycles. The fourth-order valence-electron chi connectivity index (χ4n) is 2.45. The van der Waals surface area contributed by atoms with Gasteiger partial charge in [-0.15, -0.1) is 0 Å². The van der Waals surface area contributed by atoms with Gasteiger partial charge in [-0.25, -0.2) is 14.6 Å². The van der Waals surface area contributed by atoms with Crippen molar-refractivity contribution in [3.8, 4) is 17.3 Å². The fraction of sp³-hybridized carbons (Fsp3) is 0. The number of carbonyl (C=O) groups excluding carboxylic acids is 1. The summed E-state index contributed by atoms with van der Waals surface area (Å²) in [5, 5.41) is 5.07. The van der Waals surface area contributed by atoms with Crippen LogP contribution in [0.5, 0.6) is 11.6 Å². The van der Waals surface area contributed by atoms with E-state index in [9.17, 15) is 4.79 Å². The van der Waals surface area contributed by atoms with Crippen LogP contribution < -0.4 is 4.74 Å². The smallest absolute Gasteiger partial charge is 0.233 e. The van der Waals surface area contributed by atoms with E-state index in [-0.39, 0.29) is 0 Å². The largest absolute Gasteiger partial charge is 0.438 e. The molecule has 2 heterocycles. The van der Waals surface area contributed by atoms with E-state index in [0.717, 1.165) is 12.0 Å². The lowest BCUT2D eigenvalue weighted by Crippen LogP contribution is -1.98. The molecular weight excluding hydrogens is 384 g/mol. The third-order valence-corrected chi connectivity index (χ3v) is 4.36. The number of ether oxygens (including phenoxy) is 1. The normalized spacial score (nSPS) is 10.8. The van der Waals surface area contributed by atoms with Crippen LogP contribution in [0.2, 0.25) is 0 Å². The molecule has 0 atom stereocenters. The Morgan fingerprint density at radius 1 is 1.08 bits per heavy atom. The molecule has 0 fully saturated rings. The maximum absolute atomic E-state index is 11.1. The van der Waals surface area contributed by atoms with Crippen molar-refractivity contribution in [1.82, 2.24) is 19.7 Å². The molecule has 0 aliphatic rings. The van der Waals surface area contributed by atoms with Gasteiger partial charge < -0.3 is 4.74 Å². The third kappa shape index (κ3) is 2.89. The average molecular weight is 395 g/mol. The van der Waals surface area contributed by atoms with Gasteiger partial charge in [0.2, 0.25) is 5.88 Å². The Kier molecular flexibility index (Phi) is 3.99. The Morgan fingerprint density at radius 2 is 1.92 bits per heavy atom. The molecule has 25 heavy (non-hydrogen) atoms. The molecule has 0 amide bonds. The van der Waals surface area contributed by atoms with E-state index >= 15 is 0 Å². The van der Waals surface area contributed by atoms with Crippen LogP contribution in [0, 0.1) is 0 Å². The van der Waals surface area contributed by atoms with Crippen LogP contribution in [-0.2, 0) is 0 Å². The quantitative estimate of drug-likeness (QED) is 0.485. The fourth-order valence-corrected chi connectivity index (χ4v) is 2.79. The van der Waals surface area contributed by atoms with Gasteiger partial charge in [-0.05, 0) is 30.3 Å². The molecule has 0 N–H and O–H groups in total. The summed E-state index contributed by atoms with van der Waals surface area (Å²) in [7, 11) is 0. The Bertz CT molecular complexity index is 1060. The van der Waals surface area contributed by atoms with Crippen molar-refractivity contribution in [1.29, 1.82) is 0 Å². The van der Waals surface area contributed by atoms with Gasteiger partial charge in [0.1, 0.15) is 17.5 Å². The van der Waals surface area contributed by atoms with Crippen molar-refractivity contribution in [3.05, 3.63) is 71.1 Å². The Hall–Kier alpha value is -3.06. The molecule has 0 saturated carbocycles. The van der Waals surface area contributed by atoms with Crippen molar-refractivity contribution >= 4 is 33.2 Å². The van der Waals surface area contributed by atoms with Gasteiger partial charge in [-0.1, -0.05) is 34.1 Å². The number of halogens is 1. The second-order valence-corrected chi connectivity index (χ2v) is 6.07. The van der Waals surface area contributed by atoms with E-state index in [1.54, 1.807) is 29.1 Å². The number of carbonyl (C=O) groups is 1. The maximum atomic E-state index is 11.1. The van der Waals surface area contributed by atoms with Gasteiger partial charge in [-0.2, -0.15) is 5.10 Å². The van der Waals surface area contributed by atoms with Crippen LogP contribution >= 0.6 is 15.9 Å². The van der Waals surface area contributed by atoms with Crippen molar-refractivity contribution < 1.29 is 9.53 Å². The first-order valence-corrected chi connectivity index (χ1v) is 8.22. The average Bonchev–Trinajstić information content (AvgIpc) is 3.09. The molecule has 0 bridgehead atoms. The molecule has 0 radical (unpaired) electrons. The molecule has 122 valence electrons. The number of benzene rings is 2. The second-order valence-electron chi connectivity index (χ2n) is 5.21. The van der Waals surface area contributed by atoms with Gasteiger partial charge >= 0.3 is 0 Å². The molecule has 0 saturated heterocycles. The topological polar surface area (TPSA) is 69.9 Å². The number of para-hydroxylation sites is 1. The van der Waals surface area contributed by atoms with E-state index in [4.69, 9.17) is 4.74 Å². The predicted molar refractivity (Wildman–Crippen MR) is 96.3 cm³/mol. The molecule has 0 spiro atoms. The lowest BCUT2D eigenvalue weighted by atomic mass is 10.2. The monoisotopic (exact) mass is 394 g/mol. The van der Waals surface area contributed by atoms with Gasteiger partial charge in [0, 0.05) is 10.0 Å². The van der Waals surface area contributed by atoms with E-state index in [1.807, 2.05) is 30.3 Å². The lowest BCUT2D eigenvalue weighted by Gasteiger charge is -2.07. The summed E-state index contributed by atoms with van der Waals surface area (Å²) < 4.78 is 8.29. The highest BCUT2D eigenvalue weighted by molar-refractivity contribution is 9.10. The number of fused-ring (bicyclic) bond motifs is 1. The standard InChI is InChI=1S/C18H11BrN4O2/c19-16-7-6-14(8-12(16)10-24)25-18-15-9-22-23(17(15)20-11-21-18)13-4-2-1-3-5-13/h1-11H. The van der Waals surface area contributed by atoms with Gasteiger partial charge in [-0.3, -0.25) is 4.79 Å². The summed E-state index contributed by atoms with van der Waals surface area (Å²) in [6, 6.07) is 14.9. The molecule has 4 aromatic rings. The molecule has 7 heteroatoms. The summed E-state index contributed by atoms with van der Waals surface area (Å²) in [5.41, 5.74) is 2.04. The van der Waals surface area contributed by atoms with Gasteiger partial charge in [0.05, 0.1) is 11.9 Å². The molecule has 4 rings (SSSR count). The van der Waals surface area contributed by atoms with E-state index in [0.29, 0.717) is 32.7 Å². The zero-order valence-corrected chi connectivity index (χ0v) is 14.4. The first-order chi connectivity index (χ1) is 12.3. The minimum absolute atomic E-state index is 0.381. The highest BCUT2D eigenvalue weighted by Gasteiger charge is 2.13. The van der Waals surface area contributed by atoms with Gasteiger partial charge in [0.15, 0.2) is 11.9 Å². The van der Waals surface area contributed by atoms with Crippen LogP contribution in [-0.4, -0.2) is 26.0 Å². The zero-order valence-electron chi connectivity index (χ0n) is 12.8. The number of hydrogen-bond acceptors (Lipinski definition) is 5. The van der Waals surface area contributed by atoms with Crippen LogP contribution in [0.3, 0.4) is 0 Å². The Balaban J connectivity index is 1.76. The number of nitrogens with zero attached hydrogens (tertiary/aromatic N) is 4. The highest BCUT2D eigenvalue weighted by Crippen LogP contribution is 2.29. The second kappa shape index (κ2) is 6.45. The predicted octanol–water partition coefficient (Wildman–Crippen LogP) is 4.18. The Morgan fingerprint density at radius 3 is 2.72 bits per heavy atom. The van der Waals surface area contributed by atoms with Crippen LogP contribution in [0.1, 0.15) is 10.4 Å². The van der Waals surface area contributed by atoms with E-state index in [2.05, 4.69) is 31.0 Å². The van der Waals surface area contributed by atoms with Crippen molar-refractivity contribution in [2.75, 3.05) is 0 Å². The molecule has 2 aromatic heterocycles. The summed E-state index contributed by atoms with van der Waals surface area (Å²) in [5.74, 6) is 0.893. The summed E-state index contributed by atoms with van der Waals surface area (Å²) in [6.07, 6.45) is 3.86. The minimum atomic E-state index is 0.381.